The summed E-state index contributed by atoms with van der Waals surface area (Å²) in [6.07, 6.45) is -4.01. The van der Waals surface area contributed by atoms with Crippen molar-refractivity contribution in [1.29, 1.82) is 0 Å². The highest BCUT2D eigenvalue weighted by Crippen LogP contribution is 2.32. The number of hydrazine groups is 1. The molecule has 0 saturated heterocycles. The summed E-state index contributed by atoms with van der Waals surface area (Å²) in [5, 5.41) is 0. The standard InChI is InChI=1S/C11H13BrF2N2O2/c1-6(2)8-5-7(12)3-4-9(8)18-11(13,14)10(17)16-15/h3-6H,15H2,1-2H3,(H,16,17). The minimum atomic E-state index is -4.01. The number of carbonyl (C=O) groups excluding carboxylic acids is 1. The van der Waals surface area contributed by atoms with E-state index in [-0.39, 0.29) is 11.7 Å². The van der Waals surface area contributed by atoms with E-state index >= 15 is 0 Å². The number of halogens is 3. The van der Waals surface area contributed by atoms with E-state index in [1.54, 1.807) is 12.1 Å². The predicted octanol–water partition coefficient (Wildman–Crippen LogP) is 2.53. The SMILES string of the molecule is CC(C)c1cc(Br)ccc1OC(F)(F)C(=O)NN. The topological polar surface area (TPSA) is 64.3 Å². The molecule has 0 heterocycles. The molecule has 1 aromatic rings. The lowest BCUT2D eigenvalue weighted by atomic mass is 10.0. The van der Waals surface area contributed by atoms with Crippen molar-refractivity contribution in [3.63, 3.8) is 0 Å². The summed E-state index contributed by atoms with van der Waals surface area (Å²) in [5.41, 5.74) is 1.93. The van der Waals surface area contributed by atoms with Crippen molar-refractivity contribution < 1.29 is 18.3 Å². The van der Waals surface area contributed by atoms with Crippen LogP contribution in [0, 0.1) is 0 Å². The number of carbonyl (C=O) groups is 1. The van der Waals surface area contributed by atoms with Crippen LogP contribution >= 0.6 is 15.9 Å². The largest absolute Gasteiger partial charge is 0.483 e. The third-order valence-electron chi connectivity index (χ3n) is 2.23. The third-order valence-corrected chi connectivity index (χ3v) is 2.72. The highest BCUT2D eigenvalue weighted by atomic mass is 79.9. The molecule has 1 aromatic carbocycles. The summed E-state index contributed by atoms with van der Waals surface area (Å²) in [4.78, 5) is 10.9. The van der Waals surface area contributed by atoms with Gasteiger partial charge in [-0.05, 0) is 29.7 Å². The average molecular weight is 323 g/mol. The van der Waals surface area contributed by atoms with Crippen molar-refractivity contribution in [2.45, 2.75) is 25.9 Å². The second-order valence-electron chi connectivity index (χ2n) is 3.93. The highest BCUT2D eigenvalue weighted by Gasteiger charge is 2.42. The molecule has 1 amide bonds. The lowest BCUT2D eigenvalue weighted by molar-refractivity contribution is -0.193. The van der Waals surface area contributed by atoms with Gasteiger partial charge < -0.3 is 4.74 Å². The fraction of sp³-hybridized carbons (Fsp3) is 0.364. The number of amides is 1. The van der Waals surface area contributed by atoms with E-state index < -0.39 is 12.0 Å². The van der Waals surface area contributed by atoms with E-state index in [2.05, 4.69) is 26.5 Å². The highest BCUT2D eigenvalue weighted by molar-refractivity contribution is 9.10. The minimum absolute atomic E-state index is 0.0331. The summed E-state index contributed by atoms with van der Waals surface area (Å²) in [6, 6.07) is 4.59. The maximum Gasteiger partial charge on any atom is 0.483 e. The van der Waals surface area contributed by atoms with E-state index in [4.69, 9.17) is 0 Å². The second-order valence-corrected chi connectivity index (χ2v) is 4.84. The molecule has 0 aromatic heterocycles. The average Bonchev–Trinajstić information content (AvgIpc) is 2.29. The van der Waals surface area contributed by atoms with Gasteiger partial charge in [-0.1, -0.05) is 29.8 Å². The first-order valence-electron chi connectivity index (χ1n) is 5.15. The second kappa shape index (κ2) is 5.62. The zero-order valence-corrected chi connectivity index (χ0v) is 11.4. The third kappa shape index (κ3) is 3.39. The Kier molecular flexibility index (Phi) is 4.64. The molecule has 0 fully saturated rings. The van der Waals surface area contributed by atoms with Crippen molar-refractivity contribution in [2.24, 2.45) is 5.84 Å². The van der Waals surface area contributed by atoms with Crippen LogP contribution in [0.25, 0.3) is 0 Å². The van der Waals surface area contributed by atoms with E-state index in [9.17, 15) is 13.6 Å². The Labute approximate surface area is 112 Å². The van der Waals surface area contributed by atoms with E-state index in [0.717, 1.165) is 4.47 Å². The number of benzene rings is 1. The van der Waals surface area contributed by atoms with Crippen molar-refractivity contribution in [2.75, 3.05) is 0 Å². The molecule has 0 bridgehead atoms. The Morgan fingerprint density at radius 3 is 2.61 bits per heavy atom. The van der Waals surface area contributed by atoms with Crippen LogP contribution in [0.4, 0.5) is 8.78 Å². The molecule has 7 heteroatoms. The molecule has 0 atom stereocenters. The zero-order chi connectivity index (χ0) is 13.9. The van der Waals surface area contributed by atoms with Gasteiger partial charge in [-0.3, -0.25) is 10.2 Å². The minimum Gasteiger partial charge on any atom is -0.425 e. The quantitative estimate of drug-likeness (QED) is 0.508. The van der Waals surface area contributed by atoms with Crippen LogP contribution in [0.3, 0.4) is 0 Å². The maximum atomic E-state index is 13.3. The molecule has 0 unspecified atom stereocenters. The lowest BCUT2D eigenvalue weighted by Crippen LogP contribution is -2.47. The number of alkyl halides is 2. The van der Waals surface area contributed by atoms with Gasteiger partial charge in [-0.2, -0.15) is 8.78 Å². The van der Waals surface area contributed by atoms with Crippen LogP contribution in [-0.2, 0) is 4.79 Å². The first-order valence-corrected chi connectivity index (χ1v) is 5.94. The molecular weight excluding hydrogens is 310 g/mol. The van der Waals surface area contributed by atoms with Gasteiger partial charge in [0.05, 0.1) is 0 Å². The fourth-order valence-electron chi connectivity index (χ4n) is 1.33. The number of ether oxygens (including phenoxy) is 1. The summed E-state index contributed by atoms with van der Waals surface area (Å²) < 4.78 is 31.8. The number of rotatable bonds is 4. The van der Waals surface area contributed by atoms with E-state index in [0.29, 0.717) is 5.56 Å². The molecule has 0 spiro atoms. The van der Waals surface area contributed by atoms with Gasteiger partial charge in [-0.25, -0.2) is 5.84 Å². The van der Waals surface area contributed by atoms with Gasteiger partial charge in [0, 0.05) is 4.47 Å². The van der Waals surface area contributed by atoms with Crippen LogP contribution in [0.5, 0.6) is 5.75 Å². The van der Waals surface area contributed by atoms with Crippen molar-refractivity contribution in [3.8, 4) is 5.75 Å². The van der Waals surface area contributed by atoms with Gasteiger partial charge >= 0.3 is 12.0 Å². The maximum absolute atomic E-state index is 13.3. The number of hydrogen-bond donors (Lipinski definition) is 2. The van der Waals surface area contributed by atoms with E-state index in [1.165, 1.54) is 11.5 Å². The van der Waals surface area contributed by atoms with Gasteiger partial charge in [0.1, 0.15) is 5.75 Å². The Hall–Kier alpha value is -1.21. The predicted molar refractivity (Wildman–Crippen MR) is 66.1 cm³/mol. The fourth-order valence-corrected chi connectivity index (χ4v) is 1.71. The molecular formula is C11H13BrF2N2O2. The Bertz CT molecular complexity index is 453. The van der Waals surface area contributed by atoms with E-state index in [1.807, 2.05) is 13.8 Å². The lowest BCUT2D eigenvalue weighted by Gasteiger charge is -2.19. The molecule has 0 saturated carbocycles. The number of nitrogens with one attached hydrogen (secondary N) is 1. The smallest absolute Gasteiger partial charge is 0.425 e. The normalized spacial score (nSPS) is 11.5. The van der Waals surface area contributed by atoms with Crippen LogP contribution in [-0.4, -0.2) is 12.0 Å². The zero-order valence-electron chi connectivity index (χ0n) is 9.84. The Balaban J connectivity index is 3.07. The molecule has 3 N–H and O–H groups in total. The number of nitrogens with two attached hydrogens (primary N) is 1. The van der Waals surface area contributed by atoms with Crippen LogP contribution in [0.1, 0.15) is 25.3 Å². The van der Waals surface area contributed by atoms with Gasteiger partial charge in [0.2, 0.25) is 0 Å². The van der Waals surface area contributed by atoms with Gasteiger partial charge in [0.25, 0.3) is 0 Å². The first kappa shape index (κ1) is 14.8. The monoisotopic (exact) mass is 322 g/mol. The van der Waals surface area contributed by atoms with Crippen molar-refractivity contribution in [1.82, 2.24) is 5.43 Å². The van der Waals surface area contributed by atoms with Crippen LogP contribution in [0.2, 0.25) is 0 Å². The molecule has 1 rings (SSSR count). The van der Waals surface area contributed by atoms with Crippen molar-refractivity contribution >= 4 is 21.8 Å². The molecule has 0 aliphatic rings. The summed E-state index contributed by atoms with van der Waals surface area (Å²) >= 11 is 3.24. The molecule has 4 nitrogen and oxygen atoms in total. The van der Waals surface area contributed by atoms with Crippen LogP contribution in [0.15, 0.2) is 22.7 Å². The molecule has 100 valence electrons. The molecule has 0 aliphatic heterocycles. The molecule has 0 aliphatic carbocycles. The van der Waals surface area contributed by atoms with Crippen molar-refractivity contribution in [3.05, 3.63) is 28.2 Å². The summed E-state index contributed by atoms with van der Waals surface area (Å²) in [5.74, 6) is 2.89. The van der Waals surface area contributed by atoms with Crippen LogP contribution < -0.4 is 16.0 Å². The van der Waals surface area contributed by atoms with Gasteiger partial charge in [0.15, 0.2) is 0 Å². The Morgan fingerprint density at radius 1 is 1.50 bits per heavy atom. The summed E-state index contributed by atoms with van der Waals surface area (Å²) in [6.45, 7) is 3.66. The molecule has 0 radical (unpaired) electrons. The number of hydrogen-bond acceptors (Lipinski definition) is 3. The molecule has 18 heavy (non-hydrogen) atoms. The Morgan fingerprint density at radius 2 is 2.11 bits per heavy atom. The first-order chi connectivity index (χ1) is 8.27. The van der Waals surface area contributed by atoms with Gasteiger partial charge in [-0.15, -0.1) is 0 Å². The summed E-state index contributed by atoms with van der Waals surface area (Å²) in [7, 11) is 0.